The molecular formula is C15H14Cl2FNO. The fourth-order valence-corrected chi connectivity index (χ4v) is 2.03. The summed E-state index contributed by atoms with van der Waals surface area (Å²) in [6, 6.07) is 9.68. The standard InChI is InChI=1S/C15H14Cl2FNO/c1-9(19-2)10-3-6-14(13(18)7-10)20-15-8-11(16)4-5-12(15)17/h3-9,19H,1-2H3. The number of benzene rings is 2. The highest BCUT2D eigenvalue weighted by Gasteiger charge is 2.11. The van der Waals surface area contributed by atoms with Gasteiger partial charge in [0.1, 0.15) is 5.75 Å². The maximum absolute atomic E-state index is 14.0. The van der Waals surface area contributed by atoms with Gasteiger partial charge in [-0.1, -0.05) is 29.3 Å². The molecule has 0 radical (unpaired) electrons. The molecule has 0 saturated carbocycles. The molecule has 20 heavy (non-hydrogen) atoms. The van der Waals surface area contributed by atoms with Crippen LogP contribution in [0.25, 0.3) is 0 Å². The average molecular weight is 314 g/mol. The molecule has 1 unspecified atom stereocenters. The van der Waals surface area contributed by atoms with Crippen LogP contribution in [-0.4, -0.2) is 7.05 Å². The molecule has 0 fully saturated rings. The first-order valence-corrected chi connectivity index (χ1v) is 6.86. The van der Waals surface area contributed by atoms with Gasteiger partial charge in [-0.3, -0.25) is 0 Å². The molecule has 2 aromatic rings. The van der Waals surface area contributed by atoms with E-state index in [0.29, 0.717) is 15.8 Å². The Kier molecular flexibility index (Phi) is 4.86. The summed E-state index contributed by atoms with van der Waals surface area (Å²) in [5.74, 6) is -0.00524. The highest BCUT2D eigenvalue weighted by Crippen LogP contribution is 2.33. The van der Waals surface area contributed by atoms with Crippen molar-refractivity contribution in [3.63, 3.8) is 0 Å². The van der Waals surface area contributed by atoms with Crippen molar-refractivity contribution in [2.24, 2.45) is 0 Å². The van der Waals surface area contributed by atoms with Crippen molar-refractivity contribution in [2.45, 2.75) is 13.0 Å². The van der Waals surface area contributed by atoms with E-state index in [2.05, 4.69) is 5.32 Å². The van der Waals surface area contributed by atoms with Gasteiger partial charge in [0.25, 0.3) is 0 Å². The summed E-state index contributed by atoms with van der Waals surface area (Å²) in [6.07, 6.45) is 0. The highest BCUT2D eigenvalue weighted by atomic mass is 35.5. The molecule has 1 N–H and O–H groups in total. The Morgan fingerprint density at radius 2 is 1.85 bits per heavy atom. The first-order chi connectivity index (χ1) is 9.51. The van der Waals surface area contributed by atoms with Gasteiger partial charge in [-0.15, -0.1) is 0 Å². The fourth-order valence-electron chi connectivity index (χ4n) is 1.71. The highest BCUT2D eigenvalue weighted by molar-refractivity contribution is 6.34. The van der Waals surface area contributed by atoms with Crippen LogP contribution in [-0.2, 0) is 0 Å². The summed E-state index contributed by atoms with van der Waals surface area (Å²) >= 11 is 11.9. The zero-order chi connectivity index (χ0) is 14.7. The molecule has 0 aliphatic heterocycles. The van der Waals surface area contributed by atoms with Crippen LogP contribution in [0.3, 0.4) is 0 Å². The summed E-state index contributed by atoms with van der Waals surface area (Å²) in [6.45, 7) is 1.95. The second-order valence-corrected chi connectivity index (χ2v) is 5.22. The van der Waals surface area contributed by atoms with E-state index in [1.807, 2.05) is 14.0 Å². The van der Waals surface area contributed by atoms with Gasteiger partial charge in [0.05, 0.1) is 5.02 Å². The number of halogens is 3. The largest absolute Gasteiger partial charge is 0.453 e. The van der Waals surface area contributed by atoms with Crippen molar-refractivity contribution in [2.75, 3.05) is 7.05 Å². The first-order valence-electron chi connectivity index (χ1n) is 6.11. The predicted octanol–water partition coefficient (Wildman–Crippen LogP) is 5.21. The van der Waals surface area contributed by atoms with Gasteiger partial charge in [-0.05, 0) is 43.8 Å². The Hall–Kier alpha value is -1.29. The maximum atomic E-state index is 14.0. The number of nitrogens with one attached hydrogen (secondary N) is 1. The lowest BCUT2D eigenvalue weighted by atomic mass is 10.1. The topological polar surface area (TPSA) is 21.3 Å². The zero-order valence-corrected chi connectivity index (χ0v) is 12.6. The van der Waals surface area contributed by atoms with Gasteiger partial charge < -0.3 is 10.1 Å². The van der Waals surface area contributed by atoms with E-state index in [-0.39, 0.29) is 11.8 Å². The van der Waals surface area contributed by atoms with E-state index in [0.717, 1.165) is 5.56 Å². The van der Waals surface area contributed by atoms with Crippen LogP contribution in [0.5, 0.6) is 11.5 Å². The Morgan fingerprint density at radius 3 is 2.50 bits per heavy atom. The summed E-state index contributed by atoms with van der Waals surface area (Å²) in [5, 5.41) is 3.90. The number of hydrogen-bond donors (Lipinski definition) is 1. The Balaban J connectivity index is 2.28. The van der Waals surface area contributed by atoms with E-state index in [1.165, 1.54) is 6.07 Å². The van der Waals surface area contributed by atoms with Gasteiger partial charge in [0.2, 0.25) is 0 Å². The second-order valence-electron chi connectivity index (χ2n) is 4.38. The summed E-state index contributed by atoms with van der Waals surface area (Å²) in [7, 11) is 1.82. The molecule has 2 nitrogen and oxygen atoms in total. The van der Waals surface area contributed by atoms with Crippen LogP contribution >= 0.6 is 23.2 Å². The van der Waals surface area contributed by atoms with E-state index < -0.39 is 5.82 Å². The third-order valence-corrected chi connectivity index (χ3v) is 3.55. The van der Waals surface area contributed by atoms with Gasteiger partial charge in [0.15, 0.2) is 11.6 Å². The van der Waals surface area contributed by atoms with Crippen molar-refractivity contribution in [1.29, 1.82) is 0 Å². The van der Waals surface area contributed by atoms with Gasteiger partial charge >= 0.3 is 0 Å². The monoisotopic (exact) mass is 313 g/mol. The normalized spacial score (nSPS) is 12.2. The molecule has 2 aromatic carbocycles. The second kappa shape index (κ2) is 6.44. The van der Waals surface area contributed by atoms with Crippen LogP contribution in [0.2, 0.25) is 10.0 Å². The molecule has 0 saturated heterocycles. The lowest BCUT2D eigenvalue weighted by Gasteiger charge is -2.13. The third kappa shape index (κ3) is 3.42. The minimum atomic E-state index is -0.444. The van der Waals surface area contributed by atoms with E-state index in [9.17, 15) is 4.39 Å². The Bertz CT molecular complexity index is 619. The van der Waals surface area contributed by atoms with Gasteiger partial charge in [0, 0.05) is 17.1 Å². The van der Waals surface area contributed by atoms with Crippen LogP contribution in [0.4, 0.5) is 4.39 Å². The molecule has 5 heteroatoms. The molecule has 1 atom stereocenters. The molecule has 0 aliphatic carbocycles. The number of ether oxygens (including phenoxy) is 1. The third-order valence-electron chi connectivity index (χ3n) is 3.00. The number of rotatable bonds is 4. The summed E-state index contributed by atoms with van der Waals surface area (Å²) < 4.78 is 19.5. The van der Waals surface area contributed by atoms with Crippen molar-refractivity contribution >= 4 is 23.2 Å². The van der Waals surface area contributed by atoms with Crippen molar-refractivity contribution < 1.29 is 9.13 Å². The van der Waals surface area contributed by atoms with Crippen molar-refractivity contribution in [1.82, 2.24) is 5.32 Å². The molecule has 106 valence electrons. The Morgan fingerprint density at radius 1 is 1.10 bits per heavy atom. The Labute approximate surface area is 127 Å². The first kappa shape index (κ1) is 15.1. The fraction of sp³-hybridized carbons (Fsp3) is 0.200. The SMILES string of the molecule is CNC(C)c1ccc(Oc2cc(Cl)ccc2Cl)c(F)c1. The van der Waals surface area contributed by atoms with Crippen molar-refractivity contribution in [3.8, 4) is 11.5 Å². The molecule has 0 aliphatic rings. The predicted molar refractivity (Wildman–Crippen MR) is 80.4 cm³/mol. The van der Waals surface area contributed by atoms with E-state index in [4.69, 9.17) is 27.9 Å². The van der Waals surface area contributed by atoms with E-state index in [1.54, 1.807) is 30.3 Å². The minimum Gasteiger partial charge on any atom is -0.453 e. The quantitative estimate of drug-likeness (QED) is 0.837. The summed E-state index contributed by atoms with van der Waals surface area (Å²) in [4.78, 5) is 0. The average Bonchev–Trinajstić information content (AvgIpc) is 2.44. The van der Waals surface area contributed by atoms with Gasteiger partial charge in [-0.25, -0.2) is 4.39 Å². The molecule has 0 bridgehead atoms. The van der Waals surface area contributed by atoms with Crippen molar-refractivity contribution in [3.05, 3.63) is 57.8 Å². The van der Waals surface area contributed by atoms with Crippen LogP contribution in [0.15, 0.2) is 36.4 Å². The summed E-state index contributed by atoms with van der Waals surface area (Å²) in [5.41, 5.74) is 0.842. The molecule has 2 rings (SSSR count). The minimum absolute atomic E-state index is 0.0632. The maximum Gasteiger partial charge on any atom is 0.166 e. The number of hydrogen-bond acceptors (Lipinski definition) is 2. The smallest absolute Gasteiger partial charge is 0.166 e. The van der Waals surface area contributed by atoms with Crippen LogP contribution in [0.1, 0.15) is 18.5 Å². The molecular weight excluding hydrogens is 300 g/mol. The van der Waals surface area contributed by atoms with Gasteiger partial charge in [-0.2, -0.15) is 0 Å². The zero-order valence-electron chi connectivity index (χ0n) is 11.1. The molecule has 0 heterocycles. The lowest BCUT2D eigenvalue weighted by Crippen LogP contribution is -2.12. The lowest BCUT2D eigenvalue weighted by molar-refractivity contribution is 0.441. The molecule has 0 spiro atoms. The van der Waals surface area contributed by atoms with Crippen LogP contribution in [0, 0.1) is 5.82 Å². The van der Waals surface area contributed by atoms with Crippen LogP contribution < -0.4 is 10.1 Å². The molecule has 0 amide bonds. The van der Waals surface area contributed by atoms with E-state index >= 15 is 0 Å². The molecule has 0 aromatic heterocycles.